The highest BCUT2D eigenvalue weighted by molar-refractivity contribution is 7.11. The summed E-state index contributed by atoms with van der Waals surface area (Å²) in [4.78, 5) is 9.46. The summed E-state index contributed by atoms with van der Waals surface area (Å²) in [7, 11) is 1.93. The normalized spacial score (nSPS) is 13.0. The topological polar surface area (TPSA) is 50.9 Å². The molecule has 0 aromatic carbocycles. The lowest BCUT2D eigenvalue weighted by Gasteiger charge is -2.08. The molecule has 0 aliphatic heterocycles. The van der Waals surface area contributed by atoms with Crippen molar-refractivity contribution < 1.29 is 5.11 Å². The van der Waals surface area contributed by atoms with Gasteiger partial charge >= 0.3 is 0 Å². The van der Waals surface area contributed by atoms with Crippen molar-refractivity contribution in [2.75, 3.05) is 0 Å². The van der Waals surface area contributed by atoms with E-state index < -0.39 is 6.10 Å². The molecule has 0 radical (unpaired) electrons. The molecule has 2 heterocycles. The fourth-order valence-corrected chi connectivity index (χ4v) is 2.63. The highest BCUT2D eigenvalue weighted by Gasteiger charge is 2.16. The molecular weight excluding hydrogens is 222 g/mol. The van der Waals surface area contributed by atoms with Crippen molar-refractivity contribution in [1.29, 1.82) is 0 Å². The summed E-state index contributed by atoms with van der Waals surface area (Å²) in [6.07, 6.45) is 3.65. The first-order valence-electron chi connectivity index (χ1n) is 5.16. The number of aliphatic hydroxyl groups is 1. The van der Waals surface area contributed by atoms with E-state index >= 15 is 0 Å². The number of thiazole rings is 1. The van der Waals surface area contributed by atoms with Crippen LogP contribution in [0.5, 0.6) is 0 Å². The van der Waals surface area contributed by atoms with Crippen LogP contribution in [-0.4, -0.2) is 19.6 Å². The molecule has 0 aliphatic rings. The van der Waals surface area contributed by atoms with Crippen LogP contribution in [-0.2, 0) is 13.5 Å². The maximum atomic E-state index is 10.1. The summed E-state index contributed by atoms with van der Waals surface area (Å²) >= 11 is 1.55. The fraction of sp³-hybridized carbons (Fsp3) is 0.455. The third kappa shape index (κ3) is 2.15. The molecule has 16 heavy (non-hydrogen) atoms. The van der Waals surface area contributed by atoms with Crippen molar-refractivity contribution in [3.63, 3.8) is 0 Å². The Balaban J connectivity index is 2.17. The van der Waals surface area contributed by atoms with Gasteiger partial charge in [-0.2, -0.15) is 0 Å². The summed E-state index contributed by atoms with van der Waals surface area (Å²) in [5.41, 5.74) is 0.921. The Morgan fingerprint density at radius 1 is 1.50 bits per heavy atom. The molecule has 1 unspecified atom stereocenters. The zero-order chi connectivity index (χ0) is 11.7. The lowest BCUT2D eigenvalue weighted by Crippen LogP contribution is -2.06. The van der Waals surface area contributed by atoms with Gasteiger partial charge in [0.05, 0.1) is 21.7 Å². The van der Waals surface area contributed by atoms with Gasteiger partial charge in [0.2, 0.25) is 0 Å². The highest BCUT2D eigenvalue weighted by Crippen LogP contribution is 2.26. The van der Waals surface area contributed by atoms with E-state index in [2.05, 4.69) is 9.97 Å². The minimum absolute atomic E-state index is 0.507. The van der Waals surface area contributed by atoms with Crippen LogP contribution in [0.2, 0.25) is 0 Å². The molecule has 1 atom stereocenters. The molecule has 0 aliphatic carbocycles. The zero-order valence-electron chi connectivity index (χ0n) is 9.64. The quantitative estimate of drug-likeness (QED) is 0.885. The molecule has 0 bridgehead atoms. The first kappa shape index (κ1) is 11.3. The summed E-state index contributed by atoms with van der Waals surface area (Å²) in [6, 6.07) is 0. The van der Waals surface area contributed by atoms with Gasteiger partial charge in [0.1, 0.15) is 5.82 Å². The van der Waals surface area contributed by atoms with E-state index in [9.17, 15) is 5.11 Å². The SMILES string of the molecule is Cc1nc(C)c(C(O)Cc2nccn2C)s1. The molecule has 2 aromatic rings. The van der Waals surface area contributed by atoms with Gasteiger partial charge in [-0.25, -0.2) is 9.97 Å². The van der Waals surface area contributed by atoms with Crippen LogP contribution in [0.25, 0.3) is 0 Å². The average Bonchev–Trinajstić information content (AvgIpc) is 2.74. The number of hydrogen-bond acceptors (Lipinski definition) is 4. The maximum absolute atomic E-state index is 10.1. The van der Waals surface area contributed by atoms with Crippen molar-refractivity contribution in [2.24, 2.45) is 7.05 Å². The van der Waals surface area contributed by atoms with E-state index in [4.69, 9.17) is 0 Å². The van der Waals surface area contributed by atoms with Crippen LogP contribution in [0, 0.1) is 13.8 Å². The molecule has 0 fully saturated rings. The van der Waals surface area contributed by atoms with Gasteiger partial charge < -0.3 is 9.67 Å². The Labute approximate surface area is 98.6 Å². The fourth-order valence-electron chi connectivity index (χ4n) is 1.72. The van der Waals surface area contributed by atoms with E-state index in [-0.39, 0.29) is 0 Å². The van der Waals surface area contributed by atoms with E-state index in [1.54, 1.807) is 17.5 Å². The molecule has 5 heteroatoms. The monoisotopic (exact) mass is 237 g/mol. The van der Waals surface area contributed by atoms with Crippen molar-refractivity contribution in [3.05, 3.63) is 33.8 Å². The van der Waals surface area contributed by atoms with E-state index in [1.807, 2.05) is 31.7 Å². The van der Waals surface area contributed by atoms with E-state index in [0.717, 1.165) is 21.4 Å². The molecule has 2 rings (SSSR count). The first-order chi connectivity index (χ1) is 7.58. The smallest absolute Gasteiger partial charge is 0.111 e. The molecule has 0 saturated carbocycles. The second-order valence-corrected chi connectivity index (χ2v) is 5.09. The number of aliphatic hydroxyl groups excluding tert-OH is 1. The Morgan fingerprint density at radius 3 is 2.75 bits per heavy atom. The largest absolute Gasteiger partial charge is 0.387 e. The molecule has 4 nitrogen and oxygen atoms in total. The van der Waals surface area contributed by atoms with E-state index in [0.29, 0.717) is 6.42 Å². The van der Waals surface area contributed by atoms with Crippen molar-refractivity contribution >= 4 is 11.3 Å². The van der Waals surface area contributed by atoms with Gasteiger partial charge in [0.15, 0.2) is 0 Å². The second kappa shape index (κ2) is 4.35. The zero-order valence-corrected chi connectivity index (χ0v) is 10.5. The van der Waals surface area contributed by atoms with Gasteiger partial charge in [0, 0.05) is 25.9 Å². The Morgan fingerprint density at radius 2 is 2.25 bits per heavy atom. The Bertz CT molecular complexity index is 489. The molecule has 86 valence electrons. The van der Waals surface area contributed by atoms with Crippen LogP contribution in [0.4, 0.5) is 0 Å². The van der Waals surface area contributed by atoms with Crippen LogP contribution in [0.3, 0.4) is 0 Å². The second-order valence-electron chi connectivity index (χ2n) is 3.86. The number of nitrogens with zero attached hydrogens (tertiary/aromatic N) is 3. The molecule has 0 spiro atoms. The number of hydrogen-bond donors (Lipinski definition) is 1. The number of aromatic nitrogens is 3. The van der Waals surface area contributed by atoms with Gasteiger partial charge in [-0.3, -0.25) is 0 Å². The number of rotatable bonds is 3. The minimum atomic E-state index is -0.507. The van der Waals surface area contributed by atoms with Gasteiger partial charge in [-0.05, 0) is 13.8 Å². The summed E-state index contributed by atoms with van der Waals surface area (Å²) < 4.78 is 1.92. The lowest BCUT2D eigenvalue weighted by molar-refractivity contribution is 0.177. The lowest BCUT2D eigenvalue weighted by atomic mass is 10.2. The Hall–Kier alpha value is -1.20. The van der Waals surface area contributed by atoms with Crippen LogP contribution < -0.4 is 0 Å². The predicted molar refractivity (Wildman–Crippen MR) is 63.5 cm³/mol. The molecular formula is C11H15N3OS. The average molecular weight is 237 g/mol. The summed E-state index contributed by atoms with van der Waals surface area (Å²) in [6.45, 7) is 3.88. The number of imidazole rings is 1. The first-order valence-corrected chi connectivity index (χ1v) is 5.97. The van der Waals surface area contributed by atoms with Gasteiger partial charge in [-0.15, -0.1) is 11.3 Å². The van der Waals surface area contributed by atoms with Crippen molar-refractivity contribution in [2.45, 2.75) is 26.4 Å². The number of aryl methyl sites for hydroxylation is 3. The van der Waals surface area contributed by atoms with E-state index in [1.165, 1.54) is 0 Å². The predicted octanol–water partition coefficient (Wildman–Crippen LogP) is 1.77. The maximum Gasteiger partial charge on any atom is 0.111 e. The van der Waals surface area contributed by atoms with Crippen LogP contribution in [0.15, 0.2) is 12.4 Å². The molecule has 0 amide bonds. The van der Waals surface area contributed by atoms with Crippen LogP contribution in [0.1, 0.15) is 27.5 Å². The third-order valence-corrected chi connectivity index (χ3v) is 3.71. The van der Waals surface area contributed by atoms with Crippen LogP contribution >= 0.6 is 11.3 Å². The third-order valence-electron chi connectivity index (χ3n) is 2.54. The minimum Gasteiger partial charge on any atom is -0.387 e. The standard InChI is InChI=1S/C11H15N3OS/c1-7-11(16-8(2)13-7)9(15)6-10-12-4-5-14(10)3/h4-5,9,15H,6H2,1-3H3. The van der Waals surface area contributed by atoms with Crippen molar-refractivity contribution in [3.8, 4) is 0 Å². The molecule has 2 aromatic heterocycles. The van der Waals surface area contributed by atoms with Crippen molar-refractivity contribution in [1.82, 2.24) is 14.5 Å². The Kier molecular flexibility index (Phi) is 3.07. The molecule has 1 N–H and O–H groups in total. The molecule has 0 saturated heterocycles. The summed E-state index contributed by atoms with van der Waals surface area (Å²) in [5, 5.41) is 11.1. The highest BCUT2D eigenvalue weighted by atomic mass is 32.1. The van der Waals surface area contributed by atoms with Gasteiger partial charge in [-0.1, -0.05) is 0 Å². The van der Waals surface area contributed by atoms with Gasteiger partial charge in [0.25, 0.3) is 0 Å². The summed E-state index contributed by atoms with van der Waals surface area (Å²) in [5.74, 6) is 0.887.